The molecule has 3 rings (SSSR count). The molecule has 2 N–H and O–H groups in total. The molecule has 128 valence electrons. The third-order valence-electron chi connectivity index (χ3n) is 4.30. The van der Waals surface area contributed by atoms with E-state index >= 15 is 0 Å². The molecule has 24 heavy (non-hydrogen) atoms. The Balaban J connectivity index is 0.00000208. The standard InChI is InChI=1S/C18H21N3O2.ClH/c1-19-12-14-8-5-11-21(14)18(23)15-9-10-16(20-17(15)22)13-6-3-2-4-7-13;/h2-4,6-7,9-10,14,19H,5,8,11-12H2,1H3,(H,20,22);1H. The Hall–Kier alpha value is -2.11. The molecular formula is C18H22ClN3O2. The summed E-state index contributed by atoms with van der Waals surface area (Å²) in [6, 6.07) is 13.2. The molecular weight excluding hydrogens is 326 g/mol. The molecule has 1 atom stereocenters. The molecule has 1 unspecified atom stereocenters. The quantitative estimate of drug-likeness (QED) is 0.891. The lowest BCUT2D eigenvalue weighted by atomic mass is 10.1. The molecule has 2 aromatic rings. The molecule has 0 spiro atoms. The Morgan fingerprint density at radius 1 is 1.25 bits per heavy atom. The second kappa shape index (κ2) is 8.13. The number of hydrogen-bond acceptors (Lipinski definition) is 3. The van der Waals surface area contributed by atoms with Crippen molar-refractivity contribution in [3.05, 3.63) is 58.4 Å². The number of nitrogens with zero attached hydrogens (tertiary/aromatic N) is 1. The van der Waals surface area contributed by atoms with Crippen molar-refractivity contribution in [2.45, 2.75) is 18.9 Å². The number of carbonyl (C=O) groups excluding carboxylic acids is 1. The number of pyridine rings is 1. The van der Waals surface area contributed by atoms with Crippen LogP contribution in [0, 0.1) is 0 Å². The van der Waals surface area contributed by atoms with Crippen LogP contribution in [0.3, 0.4) is 0 Å². The van der Waals surface area contributed by atoms with Gasteiger partial charge in [0, 0.05) is 24.8 Å². The predicted octanol–water partition coefficient (Wildman–Crippen LogP) is 2.29. The Labute approximate surface area is 147 Å². The van der Waals surface area contributed by atoms with Gasteiger partial charge in [-0.25, -0.2) is 0 Å². The van der Waals surface area contributed by atoms with Gasteiger partial charge in [-0.15, -0.1) is 12.4 Å². The van der Waals surface area contributed by atoms with E-state index < -0.39 is 0 Å². The monoisotopic (exact) mass is 347 g/mol. The Morgan fingerprint density at radius 3 is 2.67 bits per heavy atom. The summed E-state index contributed by atoms with van der Waals surface area (Å²) >= 11 is 0. The van der Waals surface area contributed by atoms with Gasteiger partial charge in [-0.3, -0.25) is 9.59 Å². The SMILES string of the molecule is CNCC1CCCN1C(=O)c1ccc(-c2ccccc2)[nH]c1=O.Cl. The van der Waals surface area contributed by atoms with Crippen LogP contribution in [-0.4, -0.2) is 42.0 Å². The molecule has 1 amide bonds. The highest BCUT2D eigenvalue weighted by Gasteiger charge is 2.30. The van der Waals surface area contributed by atoms with Crippen molar-refractivity contribution >= 4 is 18.3 Å². The minimum absolute atomic E-state index is 0. The maximum absolute atomic E-state index is 12.7. The molecule has 0 bridgehead atoms. The van der Waals surface area contributed by atoms with Crippen molar-refractivity contribution in [1.29, 1.82) is 0 Å². The number of aromatic nitrogens is 1. The number of H-pyrrole nitrogens is 1. The first kappa shape index (κ1) is 18.2. The summed E-state index contributed by atoms with van der Waals surface area (Å²) in [5, 5.41) is 3.11. The zero-order valence-corrected chi connectivity index (χ0v) is 14.4. The van der Waals surface area contributed by atoms with Gasteiger partial charge in [-0.2, -0.15) is 0 Å². The van der Waals surface area contributed by atoms with Gasteiger partial charge in [0.1, 0.15) is 5.56 Å². The van der Waals surface area contributed by atoms with Gasteiger partial charge in [0.2, 0.25) is 0 Å². The highest BCUT2D eigenvalue weighted by molar-refractivity contribution is 5.94. The van der Waals surface area contributed by atoms with E-state index in [1.165, 1.54) is 0 Å². The first-order valence-corrected chi connectivity index (χ1v) is 7.95. The number of rotatable bonds is 4. The van der Waals surface area contributed by atoms with E-state index in [0.717, 1.165) is 30.6 Å². The van der Waals surface area contributed by atoms with Gasteiger partial charge in [0.05, 0.1) is 0 Å². The zero-order chi connectivity index (χ0) is 16.2. The molecule has 1 fully saturated rings. The summed E-state index contributed by atoms with van der Waals surface area (Å²) in [6.07, 6.45) is 1.96. The van der Waals surface area contributed by atoms with Crippen molar-refractivity contribution in [1.82, 2.24) is 15.2 Å². The van der Waals surface area contributed by atoms with Gasteiger partial charge >= 0.3 is 0 Å². The van der Waals surface area contributed by atoms with Crippen molar-refractivity contribution in [3.63, 3.8) is 0 Å². The van der Waals surface area contributed by atoms with E-state index in [2.05, 4.69) is 10.3 Å². The Morgan fingerprint density at radius 2 is 2.00 bits per heavy atom. The van der Waals surface area contributed by atoms with E-state index in [9.17, 15) is 9.59 Å². The molecule has 1 aliphatic heterocycles. The second-order valence-electron chi connectivity index (χ2n) is 5.83. The summed E-state index contributed by atoms with van der Waals surface area (Å²) in [6.45, 7) is 1.47. The van der Waals surface area contributed by atoms with Crippen LogP contribution in [0.4, 0.5) is 0 Å². The lowest BCUT2D eigenvalue weighted by Gasteiger charge is -2.24. The number of halogens is 1. The van der Waals surface area contributed by atoms with Crippen LogP contribution in [0.25, 0.3) is 11.3 Å². The molecule has 1 aromatic heterocycles. The number of likely N-dealkylation sites (tertiary alicyclic amines) is 1. The van der Waals surface area contributed by atoms with E-state index in [1.54, 1.807) is 12.1 Å². The van der Waals surface area contributed by atoms with Crippen molar-refractivity contribution in [3.8, 4) is 11.3 Å². The average molecular weight is 348 g/mol. The highest BCUT2D eigenvalue weighted by atomic mass is 35.5. The predicted molar refractivity (Wildman–Crippen MR) is 97.7 cm³/mol. The smallest absolute Gasteiger partial charge is 0.261 e. The van der Waals surface area contributed by atoms with Gasteiger partial charge < -0.3 is 15.2 Å². The number of aromatic amines is 1. The minimum Gasteiger partial charge on any atom is -0.334 e. The fourth-order valence-corrected chi connectivity index (χ4v) is 3.13. The lowest BCUT2D eigenvalue weighted by Crippen LogP contribution is -2.42. The largest absolute Gasteiger partial charge is 0.334 e. The molecule has 1 saturated heterocycles. The van der Waals surface area contributed by atoms with E-state index in [-0.39, 0.29) is 35.5 Å². The van der Waals surface area contributed by atoms with E-state index in [4.69, 9.17) is 0 Å². The second-order valence-corrected chi connectivity index (χ2v) is 5.83. The first-order chi connectivity index (χ1) is 11.2. The zero-order valence-electron chi connectivity index (χ0n) is 13.6. The van der Waals surface area contributed by atoms with Gasteiger partial charge in [-0.1, -0.05) is 30.3 Å². The van der Waals surface area contributed by atoms with E-state index in [0.29, 0.717) is 6.54 Å². The van der Waals surface area contributed by atoms with Crippen LogP contribution in [-0.2, 0) is 0 Å². The Kier molecular flexibility index (Phi) is 6.17. The molecule has 1 aliphatic rings. The average Bonchev–Trinajstić information content (AvgIpc) is 3.03. The first-order valence-electron chi connectivity index (χ1n) is 7.95. The Bertz CT molecular complexity index is 745. The number of benzene rings is 1. The van der Waals surface area contributed by atoms with Crippen molar-refractivity contribution in [2.24, 2.45) is 0 Å². The summed E-state index contributed by atoms with van der Waals surface area (Å²) in [5.74, 6) is -0.177. The molecule has 2 heterocycles. The van der Waals surface area contributed by atoms with Crippen LogP contribution < -0.4 is 10.9 Å². The minimum atomic E-state index is -0.327. The van der Waals surface area contributed by atoms with Crippen LogP contribution in [0.15, 0.2) is 47.3 Å². The summed E-state index contributed by atoms with van der Waals surface area (Å²) < 4.78 is 0. The van der Waals surface area contributed by atoms with Gasteiger partial charge in [0.25, 0.3) is 11.5 Å². The number of nitrogens with one attached hydrogen (secondary N) is 2. The van der Waals surface area contributed by atoms with Crippen LogP contribution in [0.2, 0.25) is 0 Å². The fraction of sp³-hybridized carbons (Fsp3) is 0.333. The third kappa shape index (κ3) is 3.68. The summed E-state index contributed by atoms with van der Waals surface area (Å²) in [4.78, 5) is 29.7. The number of carbonyl (C=O) groups is 1. The highest BCUT2D eigenvalue weighted by Crippen LogP contribution is 2.20. The van der Waals surface area contributed by atoms with Crippen LogP contribution >= 0.6 is 12.4 Å². The van der Waals surface area contributed by atoms with E-state index in [1.807, 2.05) is 42.3 Å². The molecule has 0 saturated carbocycles. The van der Waals surface area contributed by atoms with Crippen LogP contribution in [0.5, 0.6) is 0 Å². The van der Waals surface area contributed by atoms with Crippen molar-refractivity contribution in [2.75, 3.05) is 20.1 Å². The molecule has 6 heteroatoms. The van der Waals surface area contributed by atoms with Gasteiger partial charge in [-0.05, 0) is 37.6 Å². The summed E-state index contributed by atoms with van der Waals surface area (Å²) in [5.41, 5.74) is 1.54. The van der Waals surface area contributed by atoms with Crippen molar-refractivity contribution < 1.29 is 4.79 Å². The normalized spacial score (nSPS) is 16.7. The van der Waals surface area contributed by atoms with Gasteiger partial charge in [0.15, 0.2) is 0 Å². The molecule has 0 radical (unpaired) electrons. The number of hydrogen-bond donors (Lipinski definition) is 2. The maximum Gasteiger partial charge on any atom is 0.261 e. The molecule has 1 aromatic carbocycles. The third-order valence-corrected chi connectivity index (χ3v) is 4.30. The molecule has 5 nitrogen and oxygen atoms in total. The fourth-order valence-electron chi connectivity index (χ4n) is 3.13. The number of likely N-dealkylation sites (N-methyl/N-ethyl adjacent to an activating group) is 1. The molecule has 0 aliphatic carbocycles. The lowest BCUT2D eigenvalue weighted by molar-refractivity contribution is 0.0735. The topological polar surface area (TPSA) is 65.2 Å². The van der Waals surface area contributed by atoms with Crippen LogP contribution in [0.1, 0.15) is 23.2 Å². The summed E-state index contributed by atoms with van der Waals surface area (Å²) in [7, 11) is 1.88. The maximum atomic E-state index is 12.7. The number of amides is 1.